The molecule has 0 spiro atoms. The predicted octanol–water partition coefficient (Wildman–Crippen LogP) is 3.86. The minimum Gasteiger partial charge on any atom is -0.481 e. The second kappa shape index (κ2) is 5.83. The zero-order valence-electron chi connectivity index (χ0n) is 10.3. The largest absolute Gasteiger partial charge is 0.481 e. The topological polar surface area (TPSA) is 37.3 Å². The highest BCUT2D eigenvalue weighted by Gasteiger charge is 2.17. The van der Waals surface area contributed by atoms with Crippen molar-refractivity contribution in [2.75, 3.05) is 0 Å². The molecule has 1 aromatic carbocycles. The van der Waals surface area contributed by atoms with Crippen molar-refractivity contribution in [3.05, 3.63) is 57.8 Å². The third-order valence-corrected chi connectivity index (χ3v) is 4.00. The third-order valence-electron chi connectivity index (χ3n) is 2.97. The van der Waals surface area contributed by atoms with Crippen LogP contribution in [-0.4, -0.2) is 11.1 Å². The van der Waals surface area contributed by atoms with Crippen molar-refractivity contribution in [1.29, 1.82) is 0 Å². The lowest BCUT2D eigenvalue weighted by atomic mass is 9.94. The summed E-state index contributed by atoms with van der Waals surface area (Å²) in [6.45, 7) is 2.05. The smallest absolute Gasteiger partial charge is 0.304 e. The highest BCUT2D eigenvalue weighted by molar-refractivity contribution is 7.10. The average molecular weight is 260 g/mol. The Bertz CT molecular complexity index is 500. The number of thiophene rings is 1. The molecular weight excluding hydrogens is 244 g/mol. The number of carbonyl (C=O) groups is 1. The van der Waals surface area contributed by atoms with Gasteiger partial charge in [0, 0.05) is 10.8 Å². The molecule has 0 aliphatic carbocycles. The Labute approximate surface area is 111 Å². The van der Waals surface area contributed by atoms with Crippen molar-refractivity contribution in [3.8, 4) is 0 Å². The van der Waals surface area contributed by atoms with Crippen LogP contribution >= 0.6 is 11.3 Å². The van der Waals surface area contributed by atoms with Crippen LogP contribution in [0.15, 0.2) is 41.8 Å². The molecule has 0 aliphatic rings. The fourth-order valence-corrected chi connectivity index (χ4v) is 2.85. The van der Waals surface area contributed by atoms with Gasteiger partial charge in [-0.3, -0.25) is 4.79 Å². The summed E-state index contributed by atoms with van der Waals surface area (Å²) in [5.41, 5.74) is 2.42. The summed E-state index contributed by atoms with van der Waals surface area (Å²) in [7, 11) is 0. The fraction of sp³-hybridized carbons (Fsp3) is 0.267. The quantitative estimate of drug-likeness (QED) is 0.886. The van der Waals surface area contributed by atoms with Crippen molar-refractivity contribution in [2.45, 2.75) is 25.7 Å². The van der Waals surface area contributed by atoms with Gasteiger partial charge in [-0.05, 0) is 30.4 Å². The summed E-state index contributed by atoms with van der Waals surface area (Å²) < 4.78 is 0. The molecule has 2 rings (SSSR count). The minimum absolute atomic E-state index is 0.0743. The second-order valence-electron chi connectivity index (χ2n) is 4.50. The fourth-order valence-electron chi connectivity index (χ4n) is 2.02. The van der Waals surface area contributed by atoms with E-state index >= 15 is 0 Å². The molecule has 0 aliphatic heterocycles. The molecule has 0 saturated carbocycles. The van der Waals surface area contributed by atoms with E-state index in [1.807, 2.05) is 17.5 Å². The number of hydrogen-bond donors (Lipinski definition) is 1. The minimum atomic E-state index is -0.736. The third kappa shape index (κ3) is 3.44. The number of aliphatic carboxylic acids is 1. The summed E-state index contributed by atoms with van der Waals surface area (Å²) in [5.74, 6) is -0.661. The Morgan fingerprint density at radius 2 is 2.00 bits per heavy atom. The predicted molar refractivity (Wildman–Crippen MR) is 74.2 cm³/mol. The monoisotopic (exact) mass is 260 g/mol. The van der Waals surface area contributed by atoms with Gasteiger partial charge in [0.1, 0.15) is 0 Å². The normalized spacial score (nSPS) is 12.3. The van der Waals surface area contributed by atoms with E-state index in [4.69, 9.17) is 5.11 Å². The van der Waals surface area contributed by atoms with Gasteiger partial charge in [0.2, 0.25) is 0 Å². The molecule has 1 unspecified atom stereocenters. The van der Waals surface area contributed by atoms with E-state index < -0.39 is 5.97 Å². The van der Waals surface area contributed by atoms with Crippen LogP contribution in [0.1, 0.15) is 28.3 Å². The summed E-state index contributed by atoms with van der Waals surface area (Å²) in [6.07, 6.45) is 0.974. The SMILES string of the molecule is Cc1ccc(CC(CC(=O)O)c2cccs2)cc1. The number of aryl methyl sites for hydroxylation is 1. The van der Waals surface area contributed by atoms with E-state index in [1.165, 1.54) is 11.1 Å². The lowest BCUT2D eigenvalue weighted by Gasteiger charge is -2.13. The van der Waals surface area contributed by atoms with E-state index in [0.717, 1.165) is 11.3 Å². The Morgan fingerprint density at radius 1 is 1.28 bits per heavy atom. The molecule has 0 radical (unpaired) electrons. The number of benzene rings is 1. The number of carboxylic acid groups (broad SMARTS) is 1. The molecule has 1 atom stereocenters. The summed E-state index contributed by atoms with van der Waals surface area (Å²) in [4.78, 5) is 12.1. The maximum absolute atomic E-state index is 11.0. The number of hydrogen-bond acceptors (Lipinski definition) is 2. The van der Waals surface area contributed by atoms with E-state index in [-0.39, 0.29) is 12.3 Å². The van der Waals surface area contributed by atoms with E-state index in [9.17, 15) is 4.79 Å². The van der Waals surface area contributed by atoms with Gasteiger partial charge in [-0.2, -0.15) is 0 Å². The van der Waals surface area contributed by atoms with Gasteiger partial charge < -0.3 is 5.11 Å². The summed E-state index contributed by atoms with van der Waals surface area (Å²) in [5, 5.41) is 11.0. The number of carboxylic acids is 1. The van der Waals surface area contributed by atoms with Crippen LogP contribution in [-0.2, 0) is 11.2 Å². The van der Waals surface area contributed by atoms with Gasteiger partial charge in [-0.1, -0.05) is 35.9 Å². The van der Waals surface area contributed by atoms with E-state index in [0.29, 0.717) is 0 Å². The first kappa shape index (κ1) is 12.8. The van der Waals surface area contributed by atoms with Crippen LogP contribution in [0, 0.1) is 6.92 Å². The van der Waals surface area contributed by atoms with Crippen molar-refractivity contribution < 1.29 is 9.90 Å². The van der Waals surface area contributed by atoms with Gasteiger partial charge in [-0.15, -0.1) is 11.3 Å². The molecule has 1 aromatic heterocycles. The van der Waals surface area contributed by atoms with Gasteiger partial charge >= 0.3 is 5.97 Å². The standard InChI is InChI=1S/C15H16O2S/c1-11-4-6-12(7-5-11)9-13(10-15(16)17)14-3-2-8-18-14/h2-8,13H,9-10H2,1H3,(H,16,17). The molecule has 94 valence electrons. The van der Waals surface area contributed by atoms with Crippen molar-refractivity contribution >= 4 is 17.3 Å². The molecule has 1 N–H and O–H groups in total. The van der Waals surface area contributed by atoms with E-state index in [2.05, 4.69) is 31.2 Å². The molecule has 3 heteroatoms. The van der Waals surface area contributed by atoms with Crippen LogP contribution in [0.3, 0.4) is 0 Å². The first-order chi connectivity index (χ1) is 8.65. The highest BCUT2D eigenvalue weighted by Crippen LogP contribution is 2.28. The van der Waals surface area contributed by atoms with Gasteiger partial charge in [0.05, 0.1) is 6.42 Å². The zero-order chi connectivity index (χ0) is 13.0. The van der Waals surface area contributed by atoms with E-state index in [1.54, 1.807) is 11.3 Å². The molecule has 0 amide bonds. The zero-order valence-corrected chi connectivity index (χ0v) is 11.1. The molecular formula is C15H16O2S. The molecule has 1 heterocycles. The molecule has 2 nitrogen and oxygen atoms in total. The summed E-state index contributed by atoms with van der Waals surface area (Å²) >= 11 is 1.63. The van der Waals surface area contributed by atoms with Crippen molar-refractivity contribution in [1.82, 2.24) is 0 Å². The van der Waals surface area contributed by atoms with Crippen LogP contribution in [0.4, 0.5) is 0 Å². The lowest BCUT2D eigenvalue weighted by Crippen LogP contribution is -2.08. The molecule has 18 heavy (non-hydrogen) atoms. The highest BCUT2D eigenvalue weighted by atomic mass is 32.1. The van der Waals surface area contributed by atoms with Crippen molar-refractivity contribution in [2.24, 2.45) is 0 Å². The number of rotatable bonds is 5. The first-order valence-electron chi connectivity index (χ1n) is 5.96. The van der Waals surface area contributed by atoms with Crippen LogP contribution in [0.5, 0.6) is 0 Å². The lowest BCUT2D eigenvalue weighted by molar-refractivity contribution is -0.137. The Kier molecular flexibility index (Phi) is 4.15. The molecule has 2 aromatic rings. The maximum atomic E-state index is 11.0. The van der Waals surface area contributed by atoms with Crippen LogP contribution in [0.2, 0.25) is 0 Å². The van der Waals surface area contributed by atoms with Crippen LogP contribution < -0.4 is 0 Å². The Hall–Kier alpha value is -1.61. The van der Waals surface area contributed by atoms with Gasteiger partial charge in [0.25, 0.3) is 0 Å². The van der Waals surface area contributed by atoms with Crippen LogP contribution in [0.25, 0.3) is 0 Å². The molecule has 0 saturated heterocycles. The maximum Gasteiger partial charge on any atom is 0.304 e. The second-order valence-corrected chi connectivity index (χ2v) is 5.48. The van der Waals surface area contributed by atoms with Gasteiger partial charge in [-0.25, -0.2) is 0 Å². The Morgan fingerprint density at radius 3 is 2.56 bits per heavy atom. The molecule has 0 bridgehead atoms. The average Bonchev–Trinajstić information content (AvgIpc) is 2.84. The summed E-state index contributed by atoms with van der Waals surface area (Å²) in [6, 6.07) is 12.3. The first-order valence-corrected chi connectivity index (χ1v) is 6.84. The molecule has 0 fully saturated rings. The Balaban J connectivity index is 2.15. The van der Waals surface area contributed by atoms with Gasteiger partial charge in [0.15, 0.2) is 0 Å². The van der Waals surface area contributed by atoms with Crippen molar-refractivity contribution in [3.63, 3.8) is 0 Å².